The summed E-state index contributed by atoms with van der Waals surface area (Å²) in [5.74, 6) is -1.02. The predicted octanol–water partition coefficient (Wildman–Crippen LogP) is 3.19. The van der Waals surface area contributed by atoms with E-state index in [0.717, 1.165) is 25.7 Å². The van der Waals surface area contributed by atoms with E-state index in [4.69, 9.17) is 16.3 Å². The van der Waals surface area contributed by atoms with Gasteiger partial charge in [-0.3, -0.25) is 9.59 Å². The monoisotopic (exact) mass is 416 g/mol. The van der Waals surface area contributed by atoms with Crippen molar-refractivity contribution in [1.29, 1.82) is 0 Å². The Labute approximate surface area is 165 Å². The molecule has 1 fully saturated rings. The zero-order valence-corrected chi connectivity index (χ0v) is 16.9. The molecule has 0 unspecified atom stereocenters. The van der Waals surface area contributed by atoms with Gasteiger partial charge in [0.2, 0.25) is 10.0 Å². The molecule has 1 aromatic carbocycles. The van der Waals surface area contributed by atoms with Crippen LogP contribution in [0.5, 0.6) is 0 Å². The third-order valence-electron chi connectivity index (χ3n) is 4.26. The minimum atomic E-state index is -3.64. The van der Waals surface area contributed by atoms with E-state index in [-0.39, 0.29) is 22.0 Å². The molecule has 1 aliphatic heterocycles. The summed E-state index contributed by atoms with van der Waals surface area (Å²) in [6, 6.07) is 4.19. The lowest BCUT2D eigenvalue weighted by atomic mass is 10.2. The fraction of sp³-hybridized carbons (Fsp3) is 0.556. The quantitative estimate of drug-likeness (QED) is 0.657. The molecule has 0 bridgehead atoms. The molecule has 0 atom stereocenters. The van der Waals surface area contributed by atoms with E-state index in [9.17, 15) is 18.0 Å². The summed E-state index contributed by atoms with van der Waals surface area (Å²) in [5.41, 5.74) is 0.171. The summed E-state index contributed by atoms with van der Waals surface area (Å²) in [5, 5.41) is 2.71. The number of sulfonamides is 1. The Kier molecular flexibility index (Phi) is 8.07. The summed E-state index contributed by atoms with van der Waals surface area (Å²) in [6.07, 6.45) is 4.50. The van der Waals surface area contributed by atoms with E-state index in [1.807, 2.05) is 6.92 Å². The fourth-order valence-electron chi connectivity index (χ4n) is 2.74. The van der Waals surface area contributed by atoms with Crippen molar-refractivity contribution in [2.75, 3.05) is 25.0 Å². The van der Waals surface area contributed by atoms with Crippen LogP contribution in [-0.4, -0.2) is 44.3 Å². The van der Waals surface area contributed by atoms with Crippen molar-refractivity contribution in [3.63, 3.8) is 0 Å². The van der Waals surface area contributed by atoms with Gasteiger partial charge in [-0.15, -0.1) is 0 Å². The van der Waals surface area contributed by atoms with E-state index in [1.165, 1.54) is 22.5 Å². The zero-order valence-electron chi connectivity index (χ0n) is 15.4. The van der Waals surface area contributed by atoms with Crippen molar-refractivity contribution in [1.82, 2.24) is 4.31 Å². The van der Waals surface area contributed by atoms with Crippen LogP contribution in [0.3, 0.4) is 0 Å². The van der Waals surface area contributed by atoms with Gasteiger partial charge in [0.05, 0.1) is 15.6 Å². The van der Waals surface area contributed by atoms with Crippen LogP contribution in [0.25, 0.3) is 0 Å². The Balaban J connectivity index is 2.04. The highest BCUT2D eigenvalue weighted by molar-refractivity contribution is 7.89. The van der Waals surface area contributed by atoms with Gasteiger partial charge in [-0.25, -0.2) is 8.42 Å². The lowest BCUT2D eigenvalue weighted by molar-refractivity contribution is -0.147. The number of ether oxygens (including phenoxy) is 1. The van der Waals surface area contributed by atoms with E-state index >= 15 is 0 Å². The summed E-state index contributed by atoms with van der Waals surface area (Å²) in [7, 11) is -3.64. The number of rotatable bonds is 8. The topological polar surface area (TPSA) is 92.8 Å². The first-order chi connectivity index (χ1) is 12.8. The molecular formula is C18H25ClN2O5S. The number of benzene rings is 1. The van der Waals surface area contributed by atoms with Gasteiger partial charge < -0.3 is 10.1 Å². The number of carbonyl (C=O) groups excluding carboxylic acids is 2. The SMILES string of the molecule is CCCCC(=O)OCC(=O)Nc1cc(S(=O)(=O)N2CCCCC2)ccc1Cl. The van der Waals surface area contributed by atoms with E-state index in [0.29, 0.717) is 19.5 Å². The summed E-state index contributed by atoms with van der Waals surface area (Å²) < 4.78 is 31.8. The lowest BCUT2D eigenvalue weighted by Crippen LogP contribution is -2.35. The van der Waals surface area contributed by atoms with Crippen molar-refractivity contribution in [2.24, 2.45) is 0 Å². The second-order valence-electron chi connectivity index (χ2n) is 6.42. The molecule has 0 saturated carbocycles. The second kappa shape index (κ2) is 10.1. The number of halogens is 1. The van der Waals surface area contributed by atoms with Gasteiger partial charge in [0, 0.05) is 19.5 Å². The van der Waals surface area contributed by atoms with Crippen LogP contribution in [0.4, 0.5) is 5.69 Å². The molecule has 7 nitrogen and oxygen atoms in total. The number of unbranched alkanes of at least 4 members (excludes halogenated alkanes) is 1. The maximum Gasteiger partial charge on any atom is 0.306 e. The standard InChI is InChI=1S/C18H25ClN2O5S/c1-2-3-7-18(23)26-13-17(22)20-16-12-14(8-9-15(16)19)27(24,25)21-10-5-4-6-11-21/h8-9,12H,2-7,10-11,13H2,1H3,(H,20,22). The maximum absolute atomic E-state index is 12.8. The number of piperidine rings is 1. The molecular weight excluding hydrogens is 392 g/mol. The van der Waals surface area contributed by atoms with Gasteiger partial charge in [-0.2, -0.15) is 4.31 Å². The zero-order chi connectivity index (χ0) is 19.9. The summed E-state index contributed by atoms with van der Waals surface area (Å²) in [6.45, 7) is 2.48. The van der Waals surface area contributed by atoms with Crippen molar-refractivity contribution in [2.45, 2.75) is 50.3 Å². The lowest BCUT2D eigenvalue weighted by Gasteiger charge is -2.26. The van der Waals surface area contributed by atoms with Crippen LogP contribution in [0.15, 0.2) is 23.1 Å². The molecule has 1 aromatic rings. The molecule has 1 amide bonds. The highest BCUT2D eigenvalue weighted by Gasteiger charge is 2.26. The van der Waals surface area contributed by atoms with E-state index in [1.54, 1.807) is 0 Å². The maximum atomic E-state index is 12.8. The van der Waals surface area contributed by atoms with E-state index in [2.05, 4.69) is 5.32 Å². The molecule has 1 heterocycles. The molecule has 0 aromatic heterocycles. The molecule has 27 heavy (non-hydrogen) atoms. The number of esters is 1. The molecule has 150 valence electrons. The molecule has 9 heteroatoms. The van der Waals surface area contributed by atoms with Crippen molar-refractivity contribution in [3.05, 3.63) is 23.2 Å². The Morgan fingerprint density at radius 3 is 2.59 bits per heavy atom. The van der Waals surface area contributed by atoms with Gasteiger partial charge in [0.15, 0.2) is 6.61 Å². The number of amides is 1. The smallest absolute Gasteiger partial charge is 0.306 e. The Morgan fingerprint density at radius 2 is 1.93 bits per heavy atom. The first-order valence-electron chi connectivity index (χ1n) is 9.09. The average molecular weight is 417 g/mol. The van der Waals surface area contributed by atoms with Crippen molar-refractivity contribution in [3.8, 4) is 0 Å². The van der Waals surface area contributed by atoms with Crippen LogP contribution < -0.4 is 5.32 Å². The minimum Gasteiger partial charge on any atom is -0.456 e. The Bertz CT molecular complexity index is 776. The van der Waals surface area contributed by atoms with Crippen LogP contribution in [0.2, 0.25) is 5.02 Å². The normalized spacial score (nSPS) is 15.3. The first kappa shape index (κ1) is 21.7. The van der Waals surface area contributed by atoms with Crippen molar-refractivity contribution >= 4 is 39.2 Å². The van der Waals surface area contributed by atoms with Crippen LogP contribution in [0, 0.1) is 0 Å². The van der Waals surface area contributed by atoms with Gasteiger partial charge in [0.25, 0.3) is 5.91 Å². The first-order valence-corrected chi connectivity index (χ1v) is 10.9. The van der Waals surface area contributed by atoms with Crippen LogP contribution >= 0.6 is 11.6 Å². The molecule has 1 N–H and O–H groups in total. The Morgan fingerprint density at radius 1 is 1.22 bits per heavy atom. The van der Waals surface area contributed by atoms with Crippen LogP contribution in [-0.2, 0) is 24.3 Å². The molecule has 0 aliphatic carbocycles. The second-order valence-corrected chi connectivity index (χ2v) is 8.76. The highest BCUT2D eigenvalue weighted by Crippen LogP contribution is 2.28. The molecule has 0 radical (unpaired) electrons. The van der Waals surface area contributed by atoms with Crippen LogP contribution in [0.1, 0.15) is 45.4 Å². The third kappa shape index (κ3) is 6.19. The third-order valence-corrected chi connectivity index (χ3v) is 6.49. The van der Waals surface area contributed by atoms with Gasteiger partial charge >= 0.3 is 5.97 Å². The fourth-order valence-corrected chi connectivity index (χ4v) is 4.45. The van der Waals surface area contributed by atoms with Gasteiger partial charge in [-0.05, 0) is 37.5 Å². The number of nitrogens with zero attached hydrogens (tertiary/aromatic N) is 1. The predicted molar refractivity (Wildman–Crippen MR) is 103 cm³/mol. The number of anilines is 1. The average Bonchev–Trinajstić information content (AvgIpc) is 2.67. The largest absolute Gasteiger partial charge is 0.456 e. The van der Waals surface area contributed by atoms with Gasteiger partial charge in [-0.1, -0.05) is 31.4 Å². The highest BCUT2D eigenvalue weighted by atomic mass is 35.5. The minimum absolute atomic E-state index is 0.0732. The van der Waals surface area contributed by atoms with Gasteiger partial charge in [0.1, 0.15) is 0 Å². The summed E-state index contributed by atoms with van der Waals surface area (Å²) in [4.78, 5) is 23.5. The molecule has 1 aliphatic rings. The van der Waals surface area contributed by atoms with E-state index < -0.39 is 28.5 Å². The summed E-state index contributed by atoms with van der Waals surface area (Å²) >= 11 is 6.08. The molecule has 2 rings (SSSR count). The Hall–Kier alpha value is -1.64. The number of hydrogen-bond donors (Lipinski definition) is 1. The number of hydrogen-bond acceptors (Lipinski definition) is 5. The molecule has 0 spiro atoms. The number of carbonyl (C=O) groups is 2. The van der Waals surface area contributed by atoms with Crippen molar-refractivity contribution < 1.29 is 22.7 Å². The number of nitrogens with one attached hydrogen (secondary N) is 1. The molecule has 1 saturated heterocycles.